The molecule has 1 amide bonds. The van der Waals surface area contributed by atoms with E-state index in [2.05, 4.69) is 20.6 Å². The maximum Gasteiger partial charge on any atom is 0.411 e. The van der Waals surface area contributed by atoms with E-state index in [1.807, 2.05) is 19.9 Å². The molecule has 2 aromatic heterocycles. The molecule has 0 radical (unpaired) electrons. The molecule has 0 bridgehead atoms. The number of fused-ring (bicyclic) bond motifs is 1. The molecule has 208 valence electrons. The number of anilines is 3. The van der Waals surface area contributed by atoms with Gasteiger partial charge < -0.3 is 15.2 Å². The lowest BCUT2D eigenvalue weighted by molar-refractivity contribution is 0.0696. The fourth-order valence-electron chi connectivity index (χ4n) is 3.56. The first kappa shape index (κ1) is 29.7. The van der Waals surface area contributed by atoms with Crippen molar-refractivity contribution in [3.63, 3.8) is 0 Å². The van der Waals surface area contributed by atoms with E-state index in [1.54, 1.807) is 30.6 Å². The number of carboxylic acids is 1. The number of nitrogens with zero attached hydrogens (tertiary/aromatic N) is 2. The van der Waals surface area contributed by atoms with Crippen LogP contribution in [-0.4, -0.2) is 37.5 Å². The number of aromatic nitrogens is 2. The molecule has 0 atom stereocenters. The Hall–Kier alpha value is -3.31. The minimum absolute atomic E-state index is 0.0736. The number of rotatable bonds is 8. The third-order valence-electron chi connectivity index (χ3n) is 5.51. The Labute approximate surface area is 248 Å². The third-order valence-corrected chi connectivity index (χ3v) is 6.90. The van der Waals surface area contributed by atoms with Gasteiger partial charge in [0.2, 0.25) is 3.79 Å². The van der Waals surface area contributed by atoms with E-state index in [0.29, 0.717) is 21.2 Å². The lowest BCUT2D eigenvalue weighted by atomic mass is 10.1. The zero-order valence-electron chi connectivity index (χ0n) is 21.0. The number of hydrogen-bond donors (Lipinski definition) is 3. The van der Waals surface area contributed by atoms with Crippen LogP contribution in [0.4, 0.5) is 26.2 Å². The predicted molar refractivity (Wildman–Crippen MR) is 156 cm³/mol. The van der Waals surface area contributed by atoms with Gasteiger partial charge in [0.25, 0.3) is 0 Å². The number of pyridine rings is 2. The van der Waals surface area contributed by atoms with Gasteiger partial charge in [-0.3, -0.25) is 15.3 Å². The Kier molecular flexibility index (Phi) is 9.25. The molecule has 0 aliphatic carbocycles. The van der Waals surface area contributed by atoms with E-state index in [9.17, 15) is 19.1 Å². The van der Waals surface area contributed by atoms with Crippen molar-refractivity contribution < 1.29 is 23.8 Å². The van der Waals surface area contributed by atoms with E-state index < -0.39 is 28.3 Å². The molecule has 8 nitrogen and oxygen atoms in total. The van der Waals surface area contributed by atoms with Gasteiger partial charge in [0.15, 0.2) is 0 Å². The van der Waals surface area contributed by atoms with Crippen molar-refractivity contribution >= 4 is 86.6 Å². The van der Waals surface area contributed by atoms with Crippen LogP contribution in [-0.2, 0) is 4.74 Å². The maximum absolute atomic E-state index is 14.8. The molecule has 40 heavy (non-hydrogen) atoms. The van der Waals surface area contributed by atoms with Gasteiger partial charge in [-0.05, 0) is 54.4 Å². The highest BCUT2D eigenvalue weighted by Gasteiger charge is 2.22. The lowest BCUT2D eigenvalue weighted by Crippen LogP contribution is -2.21. The van der Waals surface area contributed by atoms with Crippen molar-refractivity contribution in [2.75, 3.05) is 17.2 Å². The van der Waals surface area contributed by atoms with Gasteiger partial charge in [-0.2, -0.15) is 0 Å². The topological polar surface area (TPSA) is 113 Å². The zero-order chi connectivity index (χ0) is 29.0. The maximum atomic E-state index is 14.8. The number of carbonyl (C=O) groups excluding carboxylic acids is 1. The highest BCUT2D eigenvalue weighted by atomic mass is 35.6. The van der Waals surface area contributed by atoms with Crippen molar-refractivity contribution in [1.82, 2.24) is 9.97 Å². The van der Waals surface area contributed by atoms with Gasteiger partial charge in [0, 0.05) is 33.3 Å². The zero-order valence-corrected chi connectivity index (χ0v) is 24.1. The van der Waals surface area contributed by atoms with Crippen molar-refractivity contribution in [2.45, 2.75) is 33.3 Å². The molecule has 0 saturated carbocycles. The Morgan fingerprint density at radius 3 is 2.50 bits per heavy atom. The smallest absolute Gasteiger partial charge is 0.411 e. The number of alkyl halides is 3. The Morgan fingerprint density at radius 1 is 1.05 bits per heavy atom. The fourth-order valence-corrected chi connectivity index (χ4v) is 4.63. The van der Waals surface area contributed by atoms with Gasteiger partial charge in [-0.25, -0.2) is 14.0 Å². The van der Waals surface area contributed by atoms with Crippen LogP contribution in [0.15, 0.2) is 70.7 Å². The highest BCUT2D eigenvalue weighted by Crippen LogP contribution is 2.38. The first-order valence-corrected chi connectivity index (χ1v) is 13.7. The molecule has 0 spiro atoms. The second-order valence-corrected chi connectivity index (χ2v) is 12.5. The van der Waals surface area contributed by atoms with Crippen LogP contribution in [0, 0.1) is 5.82 Å². The number of hydrogen-bond acceptors (Lipinski definition) is 7. The van der Waals surface area contributed by atoms with Crippen molar-refractivity contribution in [3.05, 3.63) is 78.0 Å². The SMILES string of the molecule is CC(C)c1cc2nccc(Nc3cc(C(=O)O)ccc3Sc3ccc(NC(=O)OCC(Cl)(Cl)Cl)c(F)c3)c2cn1. The first-order chi connectivity index (χ1) is 18.9. The minimum Gasteiger partial charge on any atom is -0.478 e. The molecule has 0 saturated heterocycles. The van der Waals surface area contributed by atoms with Crippen molar-refractivity contribution in [1.29, 1.82) is 0 Å². The molecule has 13 heteroatoms. The summed E-state index contributed by atoms with van der Waals surface area (Å²) in [5.74, 6) is -1.59. The number of amides is 1. The lowest BCUT2D eigenvalue weighted by Gasteiger charge is -2.15. The van der Waals surface area contributed by atoms with Crippen LogP contribution in [0.1, 0.15) is 35.8 Å². The summed E-state index contributed by atoms with van der Waals surface area (Å²) in [7, 11) is 0. The summed E-state index contributed by atoms with van der Waals surface area (Å²) in [5.41, 5.74) is 2.75. The molecular formula is C27H22Cl3FN4O4S. The van der Waals surface area contributed by atoms with E-state index in [-0.39, 0.29) is 17.2 Å². The monoisotopic (exact) mass is 622 g/mol. The third kappa shape index (κ3) is 7.66. The first-order valence-electron chi connectivity index (χ1n) is 11.8. The highest BCUT2D eigenvalue weighted by molar-refractivity contribution is 7.99. The number of ether oxygens (including phenoxy) is 1. The van der Waals surface area contributed by atoms with Crippen LogP contribution >= 0.6 is 46.6 Å². The number of carbonyl (C=O) groups is 2. The number of benzene rings is 2. The largest absolute Gasteiger partial charge is 0.478 e. The number of aromatic carboxylic acids is 1. The number of halogens is 4. The summed E-state index contributed by atoms with van der Waals surface area (Å²) in [5, 5.41) is 15.9. The van der Waals surface area contributed by atoms with Gasteiger partial charge in [-0.1, -0.05) is 60.4 Å². The van der Waals surface area contributed by atoms with Gasteiger partial charge in [0.05, 0.1) is 28.1 Å². The van der Waals surface area contributed by atoms with Crippen molar-refractivity contribution in [2.24, 2.45) is 0 Å². The summed E-state index contributed by atoms with van der Waals surface area (Å²) in [6.07, 6.45) is 2.40. The van der Waals surface area contributed by atoms with Crippen LogP contribution in [0.2, 0.25) is 0 Å². The van der Waals surface area contributed by atoms with E-state index in [1.165, 1.54) is 36.0 Å². The molecule has 0 fully saturated rings. The average molecular weight is 624 g/mol. The van der Waals surface area contributed by atoms with Crippen LogP contribution in [0.5, 0.6) is 0 Å². The van der Waals surface area contributed by atoms with Crippen LogP contribution in [0.25, 0.3) is 10.9 Å². The van der Waals surface area contributed by atoms with Crippen LogP contribution in [0.3, 0.4) is 0 Å². The van der Waals surface area contributed by atoms with Crippen molar-refractivity contribution in [3.8, 4) is 0 Å². The van der Waals surface area contributed by atoms with E-state index >= 15 is 0 Å². The molecule has 4 rings (SSSR count). The van der Waals surface area contributed by atoms with Gasteiger partial charge in [0.1, 0.15) is 12.4 Å². The van der Waals surface area contributed by atoms with E-state index in [0.717, 1.165) is 16.6 Å². The second kappa shape index (κ2) is 12.5. The average Bonchev–Trinajstić information content (AvgIpc) is 2.89. The fraction of sp³-hybridized carbons (Fsp3) is 0.185. The van der Waals surface area contributed by atoms with Gasteiger partial charge in [-0.15, -0.1) is 0 Å². The molecule has 3 N–H and O–H groups in total. The van der Waals surface area contributed by atoms with Crippen LogP contribution < -0.4 is 10.6 Å². The Bertz CT molecular complexity index is 1580. The van der Waals surface area contributed by atoms with Gasteiger partial charge >= 0.3 is 12.1 Å². The molecule has 2 aromatic carbocycles. The molecule has 0 unspecified atom stereocenters. The Balaban J connectivity index is 1.60. The van der Waals surface area contributed by atoms with E-state index in [4.69, 9.17) is 39.5 Å². The number of nitrogens with one attached hydrogen (secondary N) is 2. The summed E-state index contributed by atoms with van der Waals surface area (Å²) in [6, 6.07) is 12.5. The second-order valence-electron chi connectivity index (χ2n) is 8.84. The summed E-state index contributed by atoms with van der Waals surface area (Å²) in [4.78, 5) is 33.7. The summed E-state index contributed by atoms with van der Waals surface area (Å²) >= 11 is 17.9. The molecule has 4 aromatic rings. The standard InChI is InChI=1S/C27H22Cl3FN4O4S/c1-14(2)21-11-22-17(12-33-21)19(7-8-32-22)34-23-9-15(25(36)37)3-6-24(23)40-16-4-5-20(18(31)10-16)35-26(38)39-13-27(28,29)30/h3-12,14H,13H2,1-2H3,(H,32,34)(H,35,38)(H,36,37). The predicted octanol–water partition coefficient (Wildman–Crippen LogP) is 8.40. The molecule has 0 aliphatic rings. The summed E-state index contributed by atoms with van der Waals surface area (Å²) < 4.78 is 17.8. The minimum atomic E-state index is -1.80. The Morgan fingerprint density at radius 2 is 1.82 bits per heavy atom. The molecular weight excluding hydrogens is 602 g/mol. The molecule has 0 aliphatic heterocycles. The summed E-state index contributed by atoms with van der Waals surface area (Å²) in [6.45, 7) is 3.57. The molecule has 2 heterocycles. The number of carboxylic acid groups (broad SMARTS) is 1. The quantitative estimate of drug-likeness (QED) is 0.168. The normalized spacial score (nSPS) is 11.5.